The van der Waals surface area contributed by atoms with E-state index in [0.717, 1.165) is 11.1 Å². The van der Waals surface area contributed by atoms with E-state index in [1.54, 1.807) is 12.1 Å². The molecule has 0 bridgehead atoms. The highest BCUT2D eigenvalue weighted by atomic mass is 16.6. The fourth-order valence-corrected chi connectivity index (χ4v) is 2.28. The van der Waals surface area contributed by atoms with Crippen molar-refractivity contribution in [2.75, 3.05) is 6.54 Å². The number of nitrogens with zero attached hydrogens (tertiary/aromatic N) is 1. The first kappa shape index (κ1) is 14.1. The Morgan fingerprint density at radius 2 is 1.73 bits per heavy atom. The predicted molar refractivity (Wildman–Crippen MR) is 78.6 cm³/mol. The molecule has 5 nitrogen and oxygen atoms in total. The molecule has 0 N–H and O–H groups in total. The van der Waals surface area contributed by atoms with Gasteiger partial charge in [-0.15, -0.1) is 0 Å². The van der Waals surface area contributed by atoms with Crippen LogP contribution in [0.15, 0.2) is 60.7 Å². The summed E-state index contributed by atoms with van der Waals surface area (Å²) in [5.41, 5.74) is 1.63. The second-order valence-electron chi connectivity index (χ2n) is 4.92. The van der Waals surface area contributed by atoms with E-state index in [4.69, 9.17) is 9.47 Å². The minimum atomic E-state index is -0.725. The molecule has 112 valence electrons. The molecule has 1 aliphatic rings. The highest BCUT2D eigenvalue weighted by molar-refractivity contribution is 5.81. The van der Waals surface area contributed by atoms with Crippen LogP contribution in [0.5, 0.6) is 0 Å². The quantitative estimate of drug-likeness (QED) is 0.817. The van der Waals surface area contributed by atoms with Crippen molar-refractivity contribution in [1.29, 1.82) is 0 Å². The monoisotopic (exact) mass is 297 g/mol. The molecule has 0 aliphatic carbocycles. The normalized spacial score (nSPS) is 17.2. The molecule has 1 atom stereocenters. The Morgan fingerprint density at radius 1 is 1.09 bits per heavy atom. The minimum absolute atomic E-state index is 0.104. The topological polar surface area (TPSA) is 55.8 Å². The van der Waals surface area contributed by atoms with Crippen LogP contribution in [-0.2, 0) is 20.9 Å². The van der Waals surface area contributed by atoms with Gasteiger partial charge in [-0.1, -0.05) is 60.7 Å². The number of carbonyl (C=O) groups excluding carboxylic acids is 2. The lowest BCUT2D eigenvalue weighted by Crippen LogP contribution is -2.31. The van der Waals surface area contributed by atoms with Crippen molar-refractivity contribution in [2.45, 2.75) is 12.8 Å². The van der Waals surface area contributed by atoms with E-state index < -0.39 is 18.3 Å². The van der Waals surface area contributed by atoms with E-state index in [1.165, 1.54) is 4.90 Å². The van der Waals surface area contributed by atoms with Gasteiger partial charge in [0.2, 0.25) is 6.23 Å². The Morgan fingerprint density at radius 3 is 2.41 bits per heavy atom. The maximum Gasteiger partial charge on any atom is 0.413 e. The summed E-state index contributed by atoms with van der Waals surface area (Å²) in [5.74, 6) is -0.439. The van der Waals surface area contributed by atoms with Crippen molar-refractivity contribution in [3.05, 3.63) is 71.8 Å². The predicted octanol–water partition coefficient (Wildman–Crippen LogP) is 2.88. The van der Waals surface area contributed by atoms with Crippen molar-refractivity contribution < 1.29 is 19.1 Å². The molecule has 2 aromatic rings. The molecule has 5 heteroatoms. The van der Waals surface area contributed by atoms with Gasteiger partial charge in [0, 0.05) is 5.56 Å². The molecule has 22 heavy (non-hydrogen) atoms. The van der Waals surface area contributed by atoms with Gasteiger partial charge < -0.3 is 9.47 Å². The van der Waals surface area contributed by atoms with Crippen LogP contribution in [0, 0.1) is 0 Å². The fourth-order valence-electron chi connectivity index (χ4n) is 2.28. The Balaban J connectivity index is 1.69. The van der Waals surface area contributed by atoms with Crippen LogP contribution < -0.4 is 0 Å². The first-order valence-corrected chi connectivity index (χ1v) is 6.96. The third-order valence-electron chi connectivity index (χ3n) is 3.35. The maximum atomic E-state index is 12.2. The Bertz CT molecular complexity index is 657. The van der Waals surface area contributed by atoms with Crippen molar-refractivity contribution in [1.82, 2.24) is 4.90 Å². The van der Waals surface area contributed by atoms with Gasteiger partial charge in [0.1, 0.15) is 13.2 Å². The van der Waals surface area contributed by atoms with E-state index in [2.05, 4.69) is 0 Å². The third kappa shape index (κ3) is 3.09. The second kappa shape index (κ2) is 6.30. The van der Waals surface area contributed by atoms with Crippen LogP contribution in [0.4, 0.5) is 4.79 Å². The summed E-state index contributed by atoms with van der Waals surface area (Å²) in [7, 11) is 0. The number of ether oxygens (including phenoxy) is 2. The fraction of sp³-hybridized carbons (Fsp3) is 0.176. The van der Waals surface area contributed by atoms with E-state index in [1.807, 2.05) is 48.5 Å². The summed E-state index contributed by atoms with van der Waals surface area (Å²) in [5, 5.41) is 0. The molecule has 1 aliphatic heterocycles. The SMILES string of the molecule is O=C1CN(C(=O)OCc2ccccc2)C(c2ccccc2)O1. The van der Waals surface area contributed by atoms with Gasteiger partial charge in [-0.3, -0.25) is 9.69 Å². The molecule has 0 aromatic heterocycles. The van der Waals surface area contributed by atoms with E-state index in [9.17, 15) is 9.59 Å². The molecule has 1 unspecified atom stereocenters. The number of rotatable bonds is 3. The van der Waals surface area contributed by atoms with E-state index in [-0.39, 0.29) is 13.2 Å². The van der Waals surface area contributed by atoms with Gasteiger partial charge in [0.15, 0.2) is 0 Å². The summed E-state index contributed by atoms with van der Waals surface area (Å²) >= 11 is 0. The summed E-state index contributed by atoms with van der Waals surface area (Å²) in [6, 6.07) is 18.5. The first-order valence-electron chi connectivity index (χ1n) is 6.96. The molecule has 0 spiro atoms. The van der Waals surface area contributed by atoms with Crippen molar-refractivity contribution in [3.8, 4) is 0 Å². The van der Waals surface area contributed by atoms with Crippen LogP contribution in [-0.4, -0.2) is 23.5 Å². The highest BCUT2D eigenvalue weighted by Crippen LogP contribution is 2.28. The molecule has 1 saturated heterocycles. The number of amides is 1. The van der Waals surface area contributed by atoms with Gasteiger partial charge in [0.25, 0.3) is 0 Å². The molecular weight excluding hydrogens is 282 g/mol. The third-order valence-corrected chi connectivity index (χ3v) is 3.35. The summed E-state index contributed by atoms with van der Waals surface area (Å²) in [6.45, 7) is 0.0546. The highest BCUT2D eigenvalue weighted by Gasteiger charge is 2.37. The van der Waals surface area contributed by atoms with Gasteiger partial charge in [-0.05, 0) is 5.56 Å². The van der Waals surface area contributed by atoms with Gasteiger partial charge in [-0.2, -0.15) is 0 Å². The van der Waals surface area contributed by atoms with Crippen LogP contribution in [0.2, 0.25) is 0 Å². The minimum Gasteiger partial charge on any atom is -0.444 e. The number of carbonyl (C=O) groups is 2. The van der Waals surface area contributed by atoms with Crippen molar-refractivity contribution >= 4 is 12.1 Å². The van der Waals surface area contributed by atoms with Crippen molar-refractivity contribution in [2.24, 2.45) is 0 Å². The van der Waals surface area contributed by atoms with E-state index in [0.29, 0.717) is 0 Å². The molecule has 1 fully saturated rings. The maximum absolute atomic E-state index is 12.2. The largest absolute Gasteiger partial charge is 0.444 e. The Labute approximate surface area is 128 Å². The number of benzene rings is 2. The van der Waals surface area contributed by atoms with Gasteiger partial charge >= 0.3 is 12.1 Å². The average molecular weight is 297 g/mol. The van der Waals surface area contributed by atoms with Gasteiger partial charge in [0.05, 0.1) is 0 Å². The smallest absolute Gasteiger partial charge is 0.413 e. The lowest BCUT2D eigenvalue weighted by atomic mass is 10.2. The standard InChI is InChI=1S/C17H15NO4/c19-15-11-18(16(22-15)14-9-5-2-6-10-14)17(20)21-12-13-7-3-1-4-8-13/h1-10,16H,11-12H2. The van der Waals surface area contributed by atoms with Crippen LogP contribution in [0.3, 0.4) is 0 Å². The number of hydrogen-bond donors (Lipinski definition) is 0. The van der Waals surface area contributed by atoms with Crippen molar-refractivity contribution in [3.63, 3.8) is 0 Å². The lowest BCUT2D eigenvalue weighted by molar-refractivity contribution is -0.141. The van der Waals surface area contributed by atoms with Crippen LogP contribution in [0.25, 0.3) is 0 Å². The molecule has 1 amide bonds. The summed E-state index contributed by atoms with van der Waals surface area (Å²) in [4.78, 5) is 25.1. The summed E-state index contributed by atoms with van der Waals surface area (Å²) < 4.78 is 10.5. The molecule has 3 rings (SSSR count). The zero-order chi connectivity index (χ0) is 15.4. The lowest BCUT2D eigenvalue weighted by Gasteiger charge is -2.21. The zero-order valence-corrected chi connectivity index (χ0v) is 11.8. The number of hydrogen-bond acceptors (Lipinski definition) is 4. The van der Waals surface area contributed by atoms with Gasteiger partial charge in [-0.25, -0.2) is 4.79 Å². The van der Waals surface area contributed by atoms with E-state index >= 15 is 0 Å². The average Bonchev–Trinajstić information content (AvgIpc) is 2.96. The second-order valence-corrected chi connectivity index (χ2v) is 4.92. The zero-order valence-electron chi connectivity index (χ0n) is 11.8. The number of esters is 1. The first-order chi connectivity index (χ1) is 10.7. The van der Waals surface area contributed by atoms with Crippen LogP contribution >= 0.6 is 0 Å². The Hall–Kier alpha value is -2.82. The number of cyclic esters (lactones) is 1. The van der Waals surface area contributed by atoms with Crippen LogP contribution in [0.1, 0.15) is 17.4 Å². The molecule has 0 saturated carbocycles. The summed E-state index contributed by atoms with van der Waals surface area (Å²) in [6.07, 6.45) is -1.29. The molecule has 2 aromatic carbocycles. The molecule has 0 radical (unpaired) electrons. The molecule has 1 heterocycles. The Kier molecular flexibility index (Phi) is 4.05. The molecular formula is C17H15NO4.